The smallest absolute Gasteiger partial charge is 0.137 e. The van der Waals surface area contributed by atoms with Gasteiger partial charge in [-0.25, -0.2) is 0 Å². The summed E-state index contributed by atoms with van der Waals surface area (Å²) in [5.74, 6) is 3.46. The standard InChI is InChI=1S/C63H44N2O.C58H38N2O/c1-63(2)58-36-41(30-33-50(58)51-34-31-46(37-59(51)63)64(42-18-7-3-8-19-42)43-20-9-4-10-21-43)54-39-56-53-28-17-29-60-62(53)57(40-55(56)49-27-16-15-26-48(49)54)52-35-32-47(38-61(52)66-60)65(44-22-11-5-12-23-44)45-24-13-6-14-25-45;1-5-16-42(17-6-1)59(43-18-7-2-8-19-43)46-31-30-39-34-41(29-28-40(39)35-46)52-37-54-51-26-15-27-56-58(51)55(38-53(54)49-25-14-13-24-48(49)52)50-33-32-47(36-57(50)61-56)60(44-20-9-3-10-21-44)45-22-11-4-12-23-45/h3-40H,1-2H3;1-38H. The first-order valence-electron chi connectivity index (χ1n) is 43.7. The maximum atomic E-state index is 6.91. The lowest BCUT2D eigenvalue weighted by Crippen LogP contribution is -2.16. The SMILES string of the molecule is CC1(C)c2cc(-c3cc4c5cccc6c5c(cc4c4ccccc34)-c3ccc(N(c4ccccc4)c4ccccc4)cc3O6)ccc2-c2ccc(N(c3ccccc3)c3ccccc3)cc21.c1ccc(N(c2ccccc2)c2ccc3c(c2)Oc2cccc4c2c-3cc2c3ccccc3c(-c3ccc5cc(N(c6ccccc6)c6ccccc6)ccc5c3)cc42)cc1. The lowest BCUT2D eigenvalue weighted by molar-refractivity contribution is 0.487. The van der Waals surface area contributed by atoms with Crippen LogP contribution in [0.2, 0.25) is 0 Å². The van der Waals surface area contributed by atoms with E-state index in [9.17, 15) is 0 Å². The van der Waals surface area contributed by atoms with Gasteiger partial charge in [0.05, 0.1) is 0 Å². The summed E-state index contributed by atoms with van der Waals surface area (Å²) in [5.41, 5.74) is 27.8. The third-order valence-electron chi connectivity index (χ3n) is 26.1. The molecule has 0 bridgehead atoms. The Labute approximate surface area is 737 Å². The number of anilines is 12. The van der Waals surface area contributed by atoms with Crippen molar-refractivity contribution in [3.63, 3.8) is 0 Å². The first-order valence-corrected chi connectivity index (χ1v) is 43.7. The summed E-state index contributed by atoms with van der Waals surface area (Å²) in [4.78, 5) is 9.25. The Hall–Kier alpha value is -16.5. The first-order chi connectivity index (χ1) is 62.7. The van der Waals surface area contributed by atoms with Crippen LogP contribution in [-0.4, -0.2) is 0 Å². The number of hydrogen-bond acceptors (Lipinski definition) is 6. The second-order valence-corrected chi connectivity index (χ2v) is 33.8. The molecule has 25 rings (SSSR count). The van der Waals surface area contributed by atoms with E-state index in [4.69, 9.17) is 9.47 Å². The molecule has 0 spiro atoms. The fraction of sp³-hybridized carbons (Fsp3) is 0.0248. The maximum Gasteiger partial charge on any atom is 0.137 e. The molecule has 0 N–H and O–H groups in total. The van der Waals surface area contributed by atoms with Crippen LogP contribution in [0, 0.1) is 0 Å². The number of fused-ring (bicyclic) bond motifs is 16. The van der Waals surface area contributed by atoms with Gasteiger partial charge in [-0.3, -0.25) is 0 Å². The molecular weight excluding hydrogens is 1540 g/mol. The van der Waals surface area contributed by atoms with Gasteiger partial charge < -0.3 is 29.1 Å². The Balaban J connectivity index is 0.000000142. The average molecular weight is 1620 g/mol. The summed E-state index contributed by atoms with van der Waals surface area (Å²) in [7, 11) is 0. The third kappa shape index (κ3) is 12.7. The number of para-hydroxylation sites is 8. The predicted molar refractivity (Wildman–Crippen MR) is 534 cm³/mol. The number of hydrogen-bond donors (Lipinski definition) is 0. The molecule has 22 aromatic carbocycles. The van der Waals surface area contributed by atoms with Crippen molar-refractivity contribution >= 4 is 144 Å². The van der Waals surface area contributed by atoms with Crippen LogP contribution in [0.4, 0.5) is 68.2 Å². The van der Waals surface area contributed by atoms with Crippen molar-refractivity contribution in [1.82, 2.24) is 0 Å². The Bertz CT molecular complexity index is 7930. The summed E-state index contributed by atoms with van der Waals surface area (Å²) >= 11 is 0. The largest absolute Gasteiger partial charge is 0.456 e. The van der Waals surface area contributed by atoms with E-state index in [0.717, 1.165) is 113 Å². The maximum absolute atomic E-state index is 6.91. The van der Waals surface area contributed by atoms with E-state index < -0.39 is 0 Å². The van der Waals surface area contributed by atoms with Gasteiger partial charge in [-0.05, 0) is 314 Å². The minimum atomic E-state index is -0.223. The number of benzene rings is 22. The van der Waals surface area contributed by atoms with Crippen molar-refractivity contribution in [3.05, 3.63) is 472 Å². The van der Waals surface area contributed by atoms with Crippen molar-refractivity contribution in [1.29, 1.82) is 0 Å². The highest BCUT2D eigenvalue weighted by Crippen LogP contribution is 2.57. The van der Waals surface area contributed by atoms with Crippen LogP contribution in [0.5, 0.6) is 23.0 Å². The zero-order valence-corrected chi connectivity index (χ0v) is 70.0. The second kappa shape index (κ2) is 30.5. The van der Waals surface area contributed by atoms with E-state index in [1.807, 2.05) is 0 Å². The Morgan fingerprint density at radius 1 is 0.165 bits per heavy atom. The first kappa shape index (κ1) is 74.3. The number of nitrogens with zero attached hydrogens (tertiary/aromatic N) is 4. The number of rotatable bonds is 14. The lowest BCUT2D eigenvalue weighted by atomic mass is 9.81. The van der Waals surface area contributed by atoms with Crippen LogP contribution >= 0.6 is 0 Å². The third-order valence-corrected chi connectivity index (χ3v) is 26.1. The van der Waals surface area contributed by atoms with Crippen molar-refractivity contribution < 1.29 is 9.47 Å². The van der Waals surface area contributed by atoms with Crippen molar-refractivity contribution in [2.24, 2.45) is 0 Å². The van der Waals surface area contributed by atoms with E-state index in [1.54, 1.807) is 0 Å². The fourth-order valence-corrected chi connectivity index (χ4v) is 20.3. The van der Waals surface area contributed by atoms with E-state index >= 15 is 0 Å². The van der Waals surface area contributed by atoms with E-state index in [1.165, 1.54) is 120 Å². The van der Waals surface area contributed by atoms with Crippen LogP contribution in [0.15, 0.2) is 461 Å². The molecule has 2 aliphatic heterocycles. The summed E-state index contributed by atoms with van der Waals surface area (Å²) in [6, 6.07) is 166. The topological polar surface area (TPSA) is 31.4 Å². The molecule has 6 heteroatoms. The summed E-state index contributed by atoms with van der Waals surface area (Å²) < 4.78 is 13.8. The Kier molecular flexibility index (Phi) is 17.8. The molecule has 127 heavy (non-hydrogen) atoms. The fourth-order valence-electron chi connectivity index (χ4n) is 20.3. The van der Waals surface area contributed by atoms with Gasteiger partial charge in [-0.1, -0.05) is 269 Å². The van der Waals surface area contributed by atoms with Crippen LogP contribution in [0.3, 0.4) is 0 Å². The second-order valence-electron chi connectivity index (χ2n) is 33.8. The molecule has 0 radical (unpaired) electrons. The van der Waals surface area contributed by atoms with E-state index in [0.29, 0.717) is 0 Å². The Morgan fingerprint density at radius 3 is 0.835 bits per heavy atom. The van der Waals surface area contributed by atoms with Crippen molar-refractivity contribution in [2.75, 3.05) is 19.6 Å². The van der Waals surface area contributed by atoms with Crippen molar-refractivity contribution in [3.8, 4) is 78.6 Å². The highest BCUT2D eigenvalue weighted by molar-refractivity contribution is 6.27. The minimum Gasteiger partial charge on any atom is -0.456 e. The zero-order chi connectivity index (χ0) is 84.2. The van der Waals surface area contributed by atoms with Crippen molar-refractivity contribution in [2.45, 2.75) is 19.3 Å². The molecule has 0 aromatic heterocycles. The normalized spacial score (nSPS) is 12.4. The molecule has 2 heterocycles. The molecule has 0 amide bonds. The Morgan fingerprint density at radius 2 is 0.441 bits per heavy atom. The van der Waals surface area contributed by atoms with E-state index in [-0.39, 0.29) is 5.41 Å². The molecule has 598 valence electrons. The highest BCUT2D eigenvalue weighted by atomic mass is 16.5. The van der Waals surface area contributed by atoms with Gasteiger partial charge in [0, 0.05) is 108 Å². The van der Waals surface area contributed by atoms with Crippen LogP contribution < -0.4 is 29.1 Å². The van der Waals surface area contributed by atoms with Crippen LogP contribution in [0.1, 0.15) is 25.0 Å². The monoisotopic (exact) mass is 1620 g/mol. The summed E-state index contributed by atoms with van der Waals surface area (Å²) in [5, 5.41) is 16.9. The predicted octanol–water partition coefficient (Wildman–Crippen LogP) is 34.5. The molecule has 3 aliphatic rings. The van der Waals surface area contributed by atoms with Gasteiger partial charge in [-0.2, -0.15) is 0 Å². The molecule has 0 atom stereocenters. The van der Waals surface area contributed by atoms with Gasteiger partial charge in [0.2, 0.25) is 0 Å². The van der Waals surface area contributed by atoms with Crippen LogP contribution in [0.25, 0.3) is 131 Å². The lowest BCUT2D eigenvalue weighted by Gasteiger charge is -2.28. The van der Waals surface area contributed by atoms with Gasteiger partial charge in [-0.15, -0.1) is 0 Å². The molecule has 1 aliphatic carbocycles. The van der Waals surface area contributed by atoms with E-state index in [2.05, 4.69) is 494 Å². The van der Waals surface area contributed by atoms with Crippen LogP contribution in [-0.2, 0) is 5.41 Å². The molecule has 0 saturated heterocycles. The summed E-state index contributed by atoms with van der Waals surface area (Å²) in [6.07, 6.45) is 0. The summed E-state index contributed by atoms with van der Waals surface area (Å²) in [6.45, 7) is 4.77. The quantitative estimate of drug-likeness (QED) is 0.101. The average Bonchev–Trinajstić information content (AvgIpc) is 1.38. The molecule has 6 nitrogen and oxygen atoms in total. The van der Waals surface area contributed by atoms with Gasteiger partial charge in [0.1, 0.15) is 23.0 Å². The molecule has 22 aromatic rings. The van der Waals surface area contributed by atoms with Gasteiger partial charge in [0.15, 0.2) is 0 Å². The zero-order valence-electron chi connectivity index (χ0n) is 70.0. The number of ether oxygens (including phenoxy) is 2. The minimum absolute atomic E-state index is 0.223. The molecule has 0 saturated carbocycles. The molecule has 0 unspecified atom stereocenters. The van der Waals surface area contributed by atoms with Gasteiger partial charge >= 0.3 is 0 Å². The molecule has 0 fully saturated rings. The highest BCUT2D eigenvalue weighted by Gasteiger charge is 2.37. The molecular formula is C121H82N4O2. The van der Waals surface area contributed by atoms with Gasteiger partial charge in [0.25, 0.3) is 0 Å².